The van der Waals surface area contributed by atoms with Gasteiger partial charge in [-0.05, 0) is 61.4 Å². The van der Waals surface area contributed by atoms with E-state index in [0.29, 0.717) is 10.6 Å². The minimum atomic E-state index is -0.121. The van der Waals surface area contributed by atoms with Gasteiger partial charge < -0.3 is 10.2 Å². The smallest absolute Gasteiger partial charge is 0.255 e. The number of halogens is 1. The van der Waals surface area contributed by atoms with E-state index in [2.05, 4.69) is 27.2 Å². The summed E-state index contributed by atoms with van der Waals surface area (Å²) in [4.78, 5) is 17.4. The number of amides is 1. The summed E-state index contributed by atoms with van der Waals surface area (Å²) in [7, 11) is 0. The van der Waals surface area contributed by atoms with Crippen molar-refractivity contribution in [3.8, 4) is 0 Å². The van der Waals surface area contributed by atoms with Gasteiger partial charge in [0.05, 0.1) is 0 Å². The van der Waals surface area contributed by atoms with Crippen LogP contribution in [-0.4, -0.2) is 43.0 Å². The monoisotopic (exact) mass is 383 g/mol. The first kappa shape index (κ1) is 18.3. The largest absolute Gasteiger partial charge is 0.369 e. The summed E-state index contributed by atoms with van der Waals surface area (Å²) < 4.78 is 0. The number of benzene rings is 2. The molecule has 1 N–H and O–H groups in total. The number of nitrogens with one attached hydrogen (secondary N) is 1. The number of piperazine rings is 1. The van der Waals surface area contributed by atoms with E-state index in [0.717, 1.165) is 37.9 Å². The van der Waals surface area contributed by atoms with Gasteiger partial charge in [-0.1, -0.05) is 24.4 Å². The van der Waals surface area contributed by atoms with Gasteiger partial charge >= 0.3 is 0 Å². The van der Waals surface area contributed by atoms with Crippen molar-refractivity contribution < 1.29 is 4.79 Å². The first-order chi connectivity index (χ1) is 13.2. The molecule has 2 aromatic carbocycles. The van der Waals surface area contributed by atoms with E-state index < -0.39 is 0 Å². The van der Waals surface area contributed by atoms with Gasteiger partial charge in [0.1, 0.15) is 0 Å². The molecule has 0 atom stereocenters. The van der Waals surface area contributed by atoms with Crippen molar-refractivity contribution in [1.29, 1.82) is 0 Å². The maximum atomic E-state index is 12.3. The van der Waals surface area contributed by atoms with Gasteiger partial charge in [0.2, 0.25) is 0 Å². The second kappa shape index (κ2) is 8.32. The van der Waals surface area contributed by atoms with Gasteiger partial charge in [0.25, 0.3) is 5.91 Å². The molecule has 27 heavy (non-hydrogen) atoms. The summed E-state index contributed by atoms with van der Waals surface area (Å²) >= 11 is 5.87. The van der Waals surface area contributed by atoms with Crippen molar-refractivity contribution in [3.05, 3.63) is 59.1 Å². The number of rotatable bonds is 4. The van der Waals surface area contributed by atoms with Crippen molar-refractivity contribution in [2.24, 2.45) is 0 Å². The molecule has 2 aliphatic rings. The number of hydrogen-bond donors (Lipinski definition) is 1. The van der Waals surface area contributed by atoms with Crippen LogP contribution in [0, 0.1) is 0 Å². The van der Waals surface area contributed by atoms with Crippen LogP contribution in [-0.2, 0) is 0 Å². The van der Waals surface area contributed by atoms with Crippen molar-refractivity contribution >= 4 is 28.9 Å². The van der Waals surface area contributed by atoms with Crippen LogP contribution in [0.3, 0.4) is 0 Å². The molecule has 1 aliphatic carbocycles. The van der Waals surface area contributed by atoms with E-state index in [4.69, 9.17) is 11.6 Å². The number of nitrogens with zero attached hydrogens (tertiary/aromatic N) is 2. The zero-order chi connectivity index (χ0) is 18.6. The normalized spacial score (nSPS) is 18.6. The average molecular weight is 384 g/mol. The second-order valence-electron chi connectivity index (χ2n) is 7.47. The molecule has 0 unspecified atom stereocenters. The molecule has 2 aromatic rings. The average Bonchev–Trinajstić information content (AvgIpc) is 3.24. The highest BCUT2D eigenvalue weighted by Crippen LogP contribution is 2.26. The van der Waals surface area contributed by atoms with Crippen LogP contribution < -0.4 is 10.2 Å². The lowest BCUT2D eigenvalue weighted by molar-refractivity contribution is 0.102. The predicted molar refractivity (Wildman–Crippen MR) is 112 cm³/mol. The van der Waals surface area contributed by atoms with Crippen LogP contribution in [0.25, 0.3) is 0 Å². The first-order valence-electron chi connectivity index (χ1n) is 9.85. The summed E-state index contributed by atoms with van der Waals surface area (Å²) in [5, 5.41) is 3.57. The Hall–Kier alpha value is -2.04. The van der Waals surface area contributed by atoms with E-state index >= 15 is 0 Å². The molecule has 0 aromatic heterocycles. The topological polar surface area (TPSA) is 35.6 Å². The van der Waals surface area contributed by atoms with E-state index in [-0.39, 0.29) is 5.91 Å². The van der Waals surface area contributed by atoms with Crippen LogP contribution in [0.4, 0.5) is 11.4 Å². The van der Waals surface area contributed by atoms with E-state index in [1.807, 2.05) is 12.1 Å². The highest BCUT2D eigenvalue weighted by atomic mass is 35.5. The zero-order valence-corrected chi connectivity index (χ0v) is 16.3. The van der Waals surface area contributed by atoms with Gasteiger partial charge in [-0.3, -0.25) is 9.69 Å². The number of carbonyl (C=O) groups is 1. The predicted octanol–water partition coefficient (Wildman–Crippen LogP) is 4.66. The van der Waals surface area contributed by atoms with Crippen molar-refractivity contribution in [1.82, 2.24) is 4.90 Å². The third kappa shape index (κ3) is 4.45. The molecule has 4 nitrogen and oxygen atoms in total. The van der Waals surface area contributed by atoms with Gasteiger partial charge in [0, 0.05) is 54.2 Å². The minimum Gasteiger partial charge on any atom is -0.369 e. The Morgan fingerprint density at radius 2 is 1.52 bits per heavy atom. The molecule has 1 heterocycles. The van der Waals surface area contributed by atoms with Crippen molar-refractivity contribution in [2.75, 3.05) is 36.4 Å². The number of hydrogen-bond acceptors (Lipinski definition) is 3. The molecule has 1 aliphatic heterocycles. The third-order valence-electron chi connectivity index (χ3n) is 5.75. The van der Waals surface area contributed by atoms with Crippen LogP contribution in [0.1, 0.15) is 36.0 Å². The summed E-state index contributed by atoms with van der Waals surface area (Å²) in [5.41, 5.74) is 2.64. The summed E-state index contributed by atoms with van der Waals surface area (Å²) in [6, 6.07) is 15.9. The quantitative estimate of drug-likeness (QED) is 0.834. The first-order valence-corrected chi connectivity index (χ1v) is 10.2. The molecule has 0 radical (unpaired) electrons. The summed E-state index contributed by atoms with van der Waals surface area (Å²) in [6.07, 6.45) is 5.55. The summed E-state index contributed by atoms with van der Waals surface area (Å²) in [6.45, 7) is 4.46. The molecule has 1 amide bonds. The van der Waals surface area contributed by atoms with Gasteiger partial charge in [0.15, 0.2) is 0 Å². The molecule has 1 saturated carbocycles. The number of anilines is 2. The Labute approximate surface area is 166 Å². The van der Waals surface area contributed by atoms with E-state index in [9.17, 15) is 4.79 Å². The lowest BCUT2D eigenvalue weighted by atomic mass is 10.1. The van der Waals surface area contributed by atoms with Crippen molar-refractivity contribution in [3.63, 3.8) is 0 Å². The van der Waals surface area contributed by atoms with Crippen LogP contribution >= 0.6 is 11.6 Å². The maximum Gasteiger partial charge on any atom is 0.255 e. The van der Waals surface area contributed by atoms with Gasteiger partial charge in [-0.15, -0.1) is 0 Å². The Bertz CT molecular complexity index is 761. The molecule has 1 saturated heterocycles. The molecule has 142 valence electrons. The fourth-order valence-corrected chi connectivity index (χ4v) is 4.30. The number of carbonyl (C=O) groups excluding carboxylic acids is 1. The molecule has 4 rings (SSSR count). The highest BCUT2D eigenvalue weighted by Gasteiger charge is 2.26. The fourth-order valence-electron chi connectivity index (χ4n) is 4.17. The third-order valence-corrected chi connectivity index (χ3v) is 6.00. The van der Waals surface area contributed by atoms with Crippen LogP contribution in [0.15, 0.2) is 48.5 Å². The lowest BCUT2D eigenvalue weighted by Crippen LogP contribution is -2.49. The van der Waals surface area contributed by atoms with Crippen molar-refractivity contribution in [2.45, 2.75) is 31.7 Å². The molecule has 2 fully saturated rings. The second-order valence-corrected chi connectivity index (χ2v) is 7.91. The minimum absolute atomic E-state index is 0.121. The molecular formula is C22H26ClN3O. The fraction of sp³-hybridized carbons (Fsp3) is 0.409. The molecule has 5 heteroatoms. The van der Waals surface area contributed by atoms with Gasteiger partial charge in [-0.25, -0.2) is 0 Å². The molecule has 0 spiro atoms. The van der Waals surface area contributed by atoms with Crippen LogP contribution in [0.5, 0.6) is 0 Å². The SMILES string of the molecule is O=C(Nc1ccc(N2CCN(C3CCCC3)CC2)cc1)c1ccc(Cl)cc1. The Morgan fingerprint density at radius 1 is 0.889 bits per heavy atom. The Balaban J connectivity index is 1.32. The Kier molecular flexibility index (Phi) is 5.65. The Morgan fingerprint density at radius 3 is 2.15 bits per heavy atom. The highest BCUT2D eigenvalue weighted by molar-refractivity contribution is 6.30. The standard InChI is InChI=1S/C22H26ClN3O/c23-18-7-5-17(6-8-18)22(27)24-19-9-11-21(12-10-19)26-15-13-25(14-16-26)20-3-1-2-4-20/h5-12,20H,1-4,13-16H2,(H,24,27). The van der Waals surface area contributed by atoms with Gasteiger partial charge in [-0.2, -0.15) is 0 Å². The maximum absolute atomic E-state index is 12.3. The van der Waals surface area contributed by atoms with Crippen LogP contribution in [0.2, 0.25) is 5.02 Å². The van der Waals surface area contributed by atoms with E-state index in [1.54, 1.807) is 24.3 Å². The molecular weight excluding hydrogens is 358 g/mol. The summed E-state index contributed by atoms with van der Waals surface area (Å²) in [5.74, 6) is -0.121. The van der Waals surface area contributed by atoms with E-state index in [1.165, 1.54) is 31.4 Å². The molecule has 0 bridgehead atoms. The lowest BCUT2D eigenvalue weighted by Gasteiger charge is -2.39. The zero-order valence-electron chi connectivity index (χ0n) is 15.5.